The Labute approximate surface area is 126 Å². The van der Waals surface area contributed by atoms with Crippen LogP contribution in [0.1, 0.15) is 11.3 Å². The van der Waals surface area contributed by atoms with Gasteiger partial charge in [0.25, 0.3) is 5.69 Å². The first-order valence-corrected chi connectivity index (χ1v) is 6.65. The zero-order valence-corrected chi connectivity index (χ0v) is 11.5. The second kappa shape index (κ2) is 5.65. The predicted octanol–water partition coefficient (Wildman–Crippen LogP) is 4.02. The van der Waals surface area contributed by atoms with Gasteiger partial charge in [0.2, 0.25) is 0 Å². The summed E-state index contributed by atoms with van der Waals surface area (Å²) in [7, 11) is 0. The summed E-state index contributed by atoms with van der Waals surface area (Å²) >= 11 is 0. The first-order chi connectivity index (χ1) is 10.6. The molecule has 1 heterocycles. The van der Waals surface area contributed by atoms with Crippen LogP contribution in [0, 0.1) is 10.1 Å². The quantitative estimate of drug-likeness (QED) is 0.584. The van der Waals surface area contributed by atoms with Gasteiger partial charge in [0, 0.05) is 17.5 Å². The number of benzene rings is 2. The molecule has 0 unspecified atom stereocenters. The number of nitro groups is 1. The van der Waals surface area contributed by atoms with E-state index in [9.17, 15) is 15.2 Å². The third kappa shape index (κ3) is 2.78. The molecule has 22 heavy (non-hydrogen) atoms. The molecular weight excluding hydrogens is 280 g/mol. The monoisotopic (exact) mass is 292 g/mol. The molecule has 5 heteroatoms. The smallest absolute Gasteiger partial charge is 0.269 e. The normalized spacial score (nSPS) is 11.1. The van der Waals surface area contributed by atoms with E-state index in [0.717, 1.165) is 10.9 Å². The van der Waals surface area contributed by atoms with E-state index in [-0.39, 0.29) is 11.4 Å². The van der Waals surface area contributed by atoms with Gasteiger partial charge in [-0.25, -0.2) is 4.98 Å². The van der Waals surface area contributed by atoms with Crippen LogP contribution in [0.5, 0.6) is 5.75 Å². The summed E-state index contributed by atoms with van der Waals surface area (Å²) in [6, 6.07) is 15.2. The van der Waals surface area contributed by atoms with Crippen molar-refractivity contribution in [1.82, 2.24) is 4.98 Å². The van der Waals surface area contributed by atoms with Crippen LogP contribution >= 0.6 is 0 Å². The van der Waals surface area contributed by atoms with Gasteiger partial charge < -0.3 is 5.11 Å². The van der Waals surface area contributed by atoms with E-state index >= 15 is 0 Å². The van der Waals surface area contributed by atoms with Crippen molar-refractivity contribution >= 4 is 28.7 Å². The molecule has 2 aromatic carbocycles. The molecule has 108 valence electrons. The van der Waals surface area contributed by atoms with Gasteiger partial charge in [-0.1, -0.05) is 24.3 Å². The molecule has 1 N–H and O–H groups in total. The summed E-state index contributed by atoms with van der Waals surface area (Å²) in [5.74, 6) is 0.142. The highest BCUT2D eigenvalue weighted by molar-refractivity contribution is 5.85. The zero-order valence-electron chi connectivity index (χ0n) is 11.5. The molecule has 0 bridgehead atoms. The zero-order chi connectivity index (χ0) is 15.5. The van der Waals surface area contributed by atoms with Crippen molar-refractivity contribution in [2.45, 2.75) is 0 Å². The van der Waals surface area contributed by atoms with Crippen LogP contribution in [0.2, 0.25) is 0 Å². The molecule has 0 saturated heterocycles. The number of fused-ring (bicyclic) bond motifs is 1. The first kappa shape index (κ1) is 13.8. The molecule has 0 amide bonds. The van der Waals surface area contributed by atoms with Crippen molar-refractivity contribution in [3.8, 4) is 5.75 Å². The number of phenols is 1. The lowest BCUT2D eigenvalue weighted by Gasteiger charge is -2.01. The van der Waals surface area contributed by atoms with Gasteiger partial charge in [0.05, 0.1) is 10.6 Å². The van der Waals surface area contributed by atoms with E-state index in [1.807, 2.05) is 24.3 Å². The Morgan fingerprint density at radius 2 is 1.77 bits per heavy atom. The average molecular weight is 292 g/mol. The Morgan fingerprint density at radius 3 is 2.50 bits per heavy atom. The van der Waals surface area contributed by atoms with E-state index in [1.165, 1.54) is 12.1 Å². The van der Waals surface area contributed by atoms with Crippen molar-refractivity contribution in [3.05, 3.63) is 76.0 Å². The summed E-state index contributed by atoms with van der Waals surface area (Å²) in [6.45, 7) is 0. The largest absolute Gasteiger partial charge is 0.506 e. The molecule has 0 saturated carbocycles. The Balaban J connectivity index is 1.88. The van der Waals surface area contributed by atoms with E-state index in [1.54, 1.807) is 30.3 Å². The van der Waals surface area contributed by atoms with Crippen molar-refractivity contribution in [2.75, 3.05) is 0 Å². The number of nitrogens with zero attached hydrogens (tertiary/aromatic N) is 2. The highest BCUT2D eigenvalue weighted by Crippen LogP contribution is 2.23. The first-order valence-electron chi connectivity index (χ1n) is 6.65. The van der Waals surface area contributed by atoms with Gasteiger partial charge in [-0.3, -0.25) is 10.1 Å². The minimum Gasteiger partial charge on any atom is -0.506 e. The fourth-order valence-corrected chi connectivity index (χ4v) is 2.13. The standard InChI is InChI=1S/C17H12N2O3/c20-16-3-1-2-13-7-9-14(18-17(13)16)8-4-12-5-10-15(11-6-12)19(21)22/h1-11,20H/b8-4+. The van der Waals surface area contributed by atoms with Gasteiger partial charge in [-0.2, -0.15) is 0 Å². The minimum atomic E-state index is -0.429. The van der Waals surface area contributed by atoms with Crippen LogP contribution in [0.3, 0.4) is 0 Å². The van der Waals surface area contributed by atoms with Gasteiger partial charge in [-0.05, 0) is 35.9 Å². The number of aromatic nitrogens is 1. The van der Waals surface area contributed by atoms with Crippen molar-refractivity contribution in [2.24, 2.45) is 0 Å². The highest BCUT2D eigenvalue weighted by atomic mass is 16.6. The number of phenolic OH excluding ortho intramolecular Hbond substituents is 1. The lowest BCUT2D eigenvalue weighted by atomic mass is 10.1. The van der Waals surface area contributed by atoms with Crippen LogP contribution in [0.4, 0.5) is 5.69 Å². The van der Waals surface area contributed by atoms with Crippen LogP contribution in [-0.2, 0) is 0 Å². The molecule has 1 aromatic heterocycles. The molecule has 0 radical (unpaired) electrons. The molecule has 5 nitrogen and oxygen atoms in total. The number of rotatable bonds is 3. The van der Waals surface area contributed by atoms with Crippen molar-refractivity contribution in [1.29, 1.82) is 0 Å². The number of para-hydroxylation sites is 1. The predicted molar refractivity (Wildman–Crippen MR) is 85.4 cm³/mol. The van der Waals surface area contributed by atoms with E-state index in [0.29, 0.717) is 11.2 Å². The third-order valence-electron chi connectivity index (χ3n) is 3.27. The number of nitro benzene ring substituents is 1. The maximum absolute atomic E-state index is 10.6. The molecule has 0 atom stereocenters. The molecule has 3 rings (SSSR count). The fourth-order valence-electron chi connectivity index (χ4n) is 2.13. The average Bonchev–Trinajstić information content (AvgIpc) is 2.54. The molecule has 0 fully saturated rings. The van der Waals surface area contributed by atoms with Gasteiger partial charge in [-0.15, -0.1) is 0 Å². The molecule has 3 aromatic rings. The second-order valence-electron chi connectivity index (χ2n) is 4.77. The van der Waals surface area contributed by atoms with E-state index in [4.69, 9.17) is 0 Å². The maximum atomic E-state index is 10.6. The molecule has 0 spiro atoms. The molecular formula is C17H12N2O3. The second-order valence-corrected chi connectivity index (χ2v) is 4.77. The molecule has 0 aliphatic rings. The number of hydrogen-bond acceptors (Lipinski definition) is 4. The summed E-state index contributed by atoms with van der Waals surface area (Å²) < 4.78 is 0. The maximum Gasteiger partial charge on any atom is 0.269 e. The van der Waals surface area contributed by atoms with Gasteiger partial charge in [0.15, 0.2) is 0 Å². The minimum absolute atomic E-state index is 0.0610. The lowest BCUT2D eigenvalue weighted by Crippen LogP contribution is -1.86. The summed E-state index contributed by atoms with van der Waals surface area (Å²) in [4.78, 5) is 14.6. The Kier molecular flexibility index (Phi) is 3.53. The highest BCUT2D eigenvalue weighted by Gasteiger charge is 2.03. The number of hydrogen-bond donors (Lipinski definition) is 1. The number of non-ortho nitro benzene ring substituents is 1. The lowest BCUT2D eigenvalue weighted by molar-refractivity contribution is -0.384. The van der Waals surface area contributed by atoms with Gasteiger partial charge in [0.1, 0.15) is 11.3 Å². The SMILES string of the molecule is O=[N+]([O-])c1ccc(/C=C/c2ccc3cccc(O)c3n2)cc1. The van der Waals surface area contributed by atoms with E-state index < -0.39 is 4.92 Å². The van der Waals surface area contributed by atoms with Crippen molar-refractivity contribution < 1.29 is 10.0 Å². The molecule has 0 aliphatic heterocycles. The summed E-state index contributed by atoms with van der Waals surface area (Å²) in [6.07, 6.45) is 3.62. The van der Waals surface area contributed by atoms with Crippen LogP contribution in [0.15, 0.2) is 54.6 Å². The molecule has 0 aliphatic carbocycles. The topological polar surface area (TPSA) is 76.3 Å². The number of pyridine rings is 1. The van der Waals surface area contributed by atoms with Gasteiger partial charge >= 0.3 is 0 Å². The Hall–Kier alpha value is -3.21. The van der Waals surface area contributed by atoms with Crippen LogP contribution < -0.4 is 0 Å². The van der Waals surface area contributed by atoms with Crippen LogP contribution in [0.25, 0.3) is 23.1 Å². The summed E-state index contributed by atoms with van der Waals surface area (Å²) in [5, 5.41) is 21.3. The Morgan fingerprint density at radius 1 is 1.00 bits per heavy atom. The third-order valence-corrected chi connectivity index (χ3v) is 3.27. The number of aromatic hydroxyl groups is 1. The van der Waals surface area contributed by atoms with Crippen molar-refractivity contribution in [3.63, 3.8) is 0 Å². The fraction of sp³-hybridized carbons (Fsp3) is 0. The Bertz CT molecular complexity index is 871. The van der Waals surface area contributed by atoms with Crippen LogP contribution in [-0.4, -0.2) is 15.0 Å². The summed E-state index contributed by atoms with van der Waals surface area (Å²) in [5.41, 5.74) is 2.15. The van der Waals surface area contributed by atoms with E-state index in [2.05, 4.69) is 4.98 Å².